The SMILES string of the molecule is C=C(CN1CCN(S(=O)(=O)c2ccccc2)CC1)C(=O)O. The van der Waals surface area contributed by atoms with E-state index in [1.165, 1.54) is 4.31 Å². The molecule has 1 saturated heterocycles. The molecule has 114 valence electrons. The lowest BCUT2D eigenvalue weighted by Crippen LogP contribution is -2.49. The molecule has 0 aromatic heterocycles. The van der Waals surface area contributed by atoms with Gasteiger partial charge in [-0.3, -0.25) is 4.90 Å². The van der Waals surface area contributed by atoms with Gasteiger partial charge in [-0.25, -0.2) is 13.2 Å². The Bertz CT molecular complexity index is 620. The number of aliphatic carboxylic acids is 1. The predicted octanol–water partition coefficient (Wildman–Crippen LogP) is 0.634. The van der Waals surface area contributed by atoms with Crippen LogP contribution in [0.15, 0.2) is 47.4 Å². The van der Waals surface area contributed by atoms with Crippen molar-refractivity contribution in [1.82, 2.24) is 9.21 Å². The number of hydrogen-bond donors (Lipinski definition) is 1. The third-order valence-corrected chi connectivity index (χ3v) is 5.34. The second-order valence-corrected chi connectivity index (χ2v) is 6.84. The van der Waals surface area contributed by atoms with Gasteiger partial charge in [0.2, 0.25) is 10.0 Å². The van der Waals surface area contributed by atoms with Gasteiger partial charge < -0.3 is 5.11 Å². The maximum atomic E-state index is 12.4. The van der Waals surface area contributed by atoms with Gasteiger partial charge in [0.05, 0.1) is 4.90 Å². The summed E-state index contributed by atoms with van der Waals surface area (Å²) in [6.07, 6.45) is 0. The highest BCUT2D eigenvalue weighted by Gasteiger charge is 2.28. The molecule has 1 heterocycles. The first kappa shape index (κ1) is 15.7. The molecular weight excluding hydrogens is 292 g/mol. The lowest BCUT2D eigenvalue weighted by Gasteiger charge is -2.33. The molecule has 0 amide bonds. The quantitative estimate of drug-likeness (QED) is 0.807. The van der Waals surface area contributed by atoms with E-state index < -0.39 is 16.0 Å². The van der Waals surface area contributed by atoms with Crippen LogP contribution in [0.25, 0.3) is 0 Å². The molecular formula is C14H18N2O4S. The smallest absolute Gasteiger partial charge is 0.332 e. The van der Waals surface area contributed by atoms with Crippen molar-refractivity contribution in [3.05, 3.63) is 42.5 Å². The zero-order valence-electron chi connectivity index (χ0n) is 11.6. The van der Waals surface area contributed by atoms with E-state index in [9.17, 15) is 13.2 Å². The highest BCUT2D eigenvalue weighted by molar-refractivity contribution is 7.89. The van der Waals surface area contributed by atoms with Crippen LogP contribution >= 0.6 is 0 Å². The van der Waals surface area contributed by atoms with E-state index in [-0.39, 0.29) is 17.0 Å². The van der Waals surface area contributed by atoms with Crippen LogP contribution in [0.4, 0.5) is 0 Å². The summed E-state index contributed by atoms with van der Waals surface area (Å²) in [5.74, 6) is -1.02. The van der Waals surface area contributed by atoms with Crippen LogP contribution in [0.5, 0.6) is 0 Å². The Morgan fingerprint density at radius 3 is 2.24 bits per heavy atom. The Kier molecular flexibility index (Phi) is 4.76. The highest BCUT2D eigenvalue weighted by atomic mass is 32.2. The molecule has 0 atom stereocenters. The van der Waals surface area contributed by atoms with E-state index >= 15 is 0 Å². The van der Waals surface area contributed by atoms with Crippen LogP contribution in [0.2, 0.25) is 0 Å². The molecule has 0 aliphatic carbocycles. The fraction of sp³-hybridized carbons (Fsp3) is 0.357. The van der Waals surface area contributed by atoms with Gasteiger partial charge in [-0.2, -0.15) is 4.31 Å². The van der Waals surface area contributed by atoms with Crippen molar-refractivity contribution in [2.24, 2.45) is 0 Å². The fourth-order valence-corrected chi connectivity index (χ4v) is 3.65. The van der Waals surface area contributed by atoms with E-state index in [0.29, 0.717) is 26.2 Å². The van der Waals surface area contributed by atoms with E-state index in [1.807, 2.05) is 4.90 Å². The summed E-state index contributed by atoms with van der Waals surface area (Å²) in [6.45, 7) is 5.45. The molecule has 1 aliphatic rings. The van der Waals surface area contributed by atoms with Crippen LogP contribution in [0.1, 0.15) is 0 Å². The Morgan fingerprint density at radius 2 is 1.71 bits per heavy atom. The van der Waals surface area contributed by atoms with Crippen molar-refractivity contribution in [1.29, 1.82) is 0 Å². The number of carboxylic acid groups (broad SMARTS) is 1. The Morgan fingerprint density at radius 1 is 1.14 bits per heavy atom. The molecule has 0 bridgehead atoms. The van der Waals surface area contributed by atoms with Crippen molar-refractivity contribution in [3.8, 4) is 0 Å². The number of carboxylic acids is 1. The number of hydrogen-bond acceptors (Lipinski definition) is 4. The third kappa shape index (κ3) is 3.69. The fourth-order valence-electron chi connectivity index (χ4n) is 2.21. The van der Waals surface area contributed by atoms with E-state index in [1.54, 1.807) is 30.3 Å². The molecule has 6 nitrogen and oxygen atoms in total. The molecule has 0 radical (unpaired) electrons. The van der Waals surface area contributed by atoms with Crippen LogP contribution in [-0.2, 0) is 14.8 Å². The van der Waals surface area contributed by atoms with Crippen LogP contribution in [0, 0.1) is 0 Å². The molecule has 1 aliphatic heterocycles. The summed E-state index contributed by atoms with van der Waals surface area (Å²) in [4.78, 5) is 12.9. The number of benzene rings is 1. The average molecular weight is 310 g/mol. The van der Waals surface area contributed by atoms with E-state index in [4.69, 9.17) is 5.11 Å². The van der Waals surface area contributed by atoms with Gasteiger partial charge in [-0.15, -0.1) is 0 Å². The maximum Gasteiger partial charge on any atom is 0.332 e. The minimum Gasteiger partial charge on any atom is -0.478 e. The second kappa shape index (κ2) is 6.38. The normalized spacial score (nSPS) is 17.5. The molecule has 1 fully saturated rings. The lowest BCUT2D eigenvalue weighted by molar-refractivity contribution is -0.132. The van der Waals surface area contributed by atoms with Gasteiger partial charge in [0.15, 0.2) is 0 Å². The molecule has 1 N–H and O–H groups in total. The molecule has 0 saturated carbocycles. The third-order valence-electron chi connectivity index (χ3n) is 3.43. The average Bonchev–Trinajstić information content (AvgIpc) is 2.48. The van der Waals surface area contributed by atoms with Crippen molar-refractivity contribution >= 4 is 16.0 Å². The summed E-state index contributed by atoms with van der Waals surface area (Å²) < 4.78 is 26.3. The first-order valence-electron chi connectivity index (χ1n) is 6.60. The Balaban J connectivity index is 1.98. The van der Waals surface area contributed by atoms with Crippen molar-refractivity contribution in [2.75, 3.05) is 32.7 Å². The summed E-state index contributed by atoms with van der Waals surface area (Å²) in [6, 6.07) is 8.32. The number of sulfonamides is 1. The van der Waals surface area contributed by atoms with Gasteiger partial charge in [-0.05, 0) is 12.1 Å². The molecule has 1 aromatic rings. The zero-order chi connectivity index (χ0) is 15.5. The molecule has 2 rings (SSSR count). The first-order valence-corrected chi connectivity index (χ1v) is 8.04. The Labute approximate surface area is 124 Å². The summed E-state index contributed by atoms with van der Waals surface area (Å²) >= 11 is 0. The van der Waals surface area contributed by atoms with E-state index in [0.717, 1.165) is 0 Å². The van der Waals surface area contributed by atoms with Crippen molar-refractivity contribution < 1.29 is 18.3 Å². The topological polar surface area (TPSA) is 77.9 Å². The molecule has 0 unspecified atom stereocenters. The number of piperazine rings is 1. The number of nitrogens with zero attached hydrogens (tertiary/aromatic N) is 2. The lowest BCUT2D eigenvalue weighted by atomic mass is 10.2. The van der Waals surface area contributed by atoms with Gasteiger partial charge in [0.1, 0.15) is 0 Å². The van der Waals surface area contributed by atoms with E-state index in [2.05, 4.69) is 6.58 Å². The van der Waals surface area contributed by atoms with Crippen LogP contribution < -0.4 is 0 Å². The van der Waals surface area contributed by atoms with Gasteiger partial charge in [0, 0.05) is 38.3 Å². The zero-order valence-corrected chi connectivity index (χ0v) is 12.4. The number of carbonyl (C=O) groups is 1. The van der Waals surface area contributed by atoms with Gasteiger partial charge >= 0.3 is 5.97 Å². The predicted molar refractivity (Wildman–Crippen MR) is 78.4 cm³/mol. The summed E-state index contributed by atoms with van der Waals surface area (Å²) in [7, 11) is -3.46. The van der Waals surface area contributed by atoms with Gasteiger partial charge in [0.25, 0.3) is 0 Å². The van der Waals surface area contributed by atoms with Gasteiger partial charge in [-0.1, -0.05) is 24.8 Å². The Hall–Kier alpha value is -1.70. The highest BCUT2D eigenvalue weighted by Crippen LogP contribution is 2.17. The maximum absolute atomic E-state index is 12.4. The minimum absolute atomic E-state index is 0.120. The number of rotatable bonds is 5. The first-order chi connectivity index (χ1) is 9.91. The summed E-state index contributed by atoms with van der Waals surface area (Å²) in [5, 5.41) is 8.81. The van der Waals surface area contributed by atoms with Crippen LogP contribution in [0.3, 0.4) is 0 Å². The standard InChI is InChI=1S/C14H18N2O4S/c1-12(14(17)18)11-15-7-9-16(10-8-15)21(19,20)13-5-3-2-4-6-13/h2-6H,1,7-11H2,(H,17,18). The minimum atomic E-state index is -3.46. The van der Waals surface area contributed by atoms with Crippen LogP contribution in [-0.4, -0.2) is 61.4 Å². The molecule has 1 aromatic carbocycles. The monoisotopic (exact) mass is 310 g/mol. The second-order valence-electron chi connectivity index (χ2n) is 4.90. The molecule has 7 heteroatoms. The summed E-state index contributed by atoms with van der Waals surface area (Å²) in [5.41, 5.74) is 0.120. The largest absolute Gasteiger partial charge is 0.478 e. The molecule has 0 spiro atoms. The molecule has 21 heavy (non-hydrogen) atoms. The van der Waals surface area contributed by atoms with Crippen molar-refractivity contribution in [3.63, 3.8) is 0 Å². The van der Waals surface area contributed by atoms with Crippen molar-refractivity contribution in [2.45, 2.75) is 4.90 Å².